The van der Waals surface area contributed by atoms with Crippen molar-refractivity contribution in [2.75, 3.05) is 43.4 Å². The molecule has 1 saturated heterocycles. The summed E-state index contributed by atoms with van der Waals surface area (Å²) in [5.41, 5.74) is 2.44. The average Bonchev–Trinajstić information content (AvgIpc) is 3.20. The first kappa shape index (κ1) is 44.9. The highest BCUT2D eigenvalue weighted by molar-refractivity contribution is 5.97. The van der Waals surface area contributed by atoms with E-state index in [4.69, 9.17) is 9.47 Å². The summed E-state index contributed by atoms with van der Waals surface area (Å²) in [5, 5.41) is 8.23. The Labute approximate surface area is 338 Å². The molecule has 1 fully saturated rings. The molecular formula is C42H48F6N4O7. The van der Waals surface area contributed by atoms with E-state index in [0.29, 0.717) is 18.7 Å². The van der Waals surface area contributed by atoms with Crippen LogP contribution in [0.15, 0.2) is 66.7 Å². The summed E-state index contributed by atoms with van der Waals surface area (Å²) in [5.74, 6) is -6.24. The maximum atomic E-state index is 13.2. The van der Waals surface area contributed by atoms with Crippen LogP contribution in [0.2, 0.25) is 0 Å². The molecule has 11 nitrogen and oxygen atoms in total. The Morgan fingerprint density at radius 1 is 0.780 bits per heavy atom. The Morgan fingerprint density at radius 3 is 2.12 bits per heavy atom. The number of para-hydroxylation sites is 1. The van der Waals surface area contributed by atoms with E-state index in [2.05, 4.69) is 25.6 Å². The van der Waals surface area contributed by atoms with E-state index < -0.39 is 48.1 Å². The Balaban J connectivity index is 0.972. The molecule has 3 aromatic rings. The molecule has 0 bridgehead atoms. The van der Waals surface area contributed by atoms with E-state index in [-0.39, 0.29) is 42.3 Å². The zero-order valence-electron chi connectivity index (χ0n) is 32.4. The number of hydrogen-bond acceptors (Lipinski definition) is 9. The number of anilines is 2. The van der Waals surface area contributed by atoms with Crippen LogP contribution in [0.25, 0.3) is 11.1 Å². The Bertz CT molecular complexity index is 1890. The van der Waals surface area contributed by atoms with Crippen LogP contribution in [0.1, 0.15) is 81.4 Å². The number of esters is 2. The van der Waals surface area contributed by atoms with Crippen LogP contribution in [-0.4, -0.2) is 80.0 Å². The van der Waals surface area contributed by atoms with Crippen molar-refractivity contribution in [3.63, 3.8) is 0 Å². The molecule has 0 aliphatic carbocycles. The number of amides is 2. The molecule has 0 radical (unpaired) electrons. The number of ether oxygens (including phenoxy) is 3. The summed E-state index contributed by atoms with van der Waals surface area (Å²) >= 11 is 0. The van der Waals surface area contributed by atoms with Crippen molar-refractivity contribution >= 4 is 35.3 Å². The van der Waals surface area contributed by atoms with E-state index in [1.165, 1.54) is 0 Å². The maximum Gasteiger partial charge on any atom is 0.491 e. The number of unbranched alkanes of at least 4 members (excludes halogenated alkanes) is 6. The highest BCUT2D eigenvalue weighted by atomic mass is 19.4. The summed E-state index contributed by atoms with van der Waals surface area (Å²) in [6, 6.07) is 19.5. The number of likely N-dealkylation sites (tertiary alicyclic amines) is 1. The minimum Gasteiger partial charge on any atom is -0.449 e. The first-order valence-corrected chi connectivity index (χ1v) is 19.8. The van der Waals surface area contributed by atoms with Gasteiger partial charge in [-0.05, 0) is 74.0 Å². The maximum absolute atomic E-state index is 13.2. The number of fused-ring (bicyclic) bond motifs is 1. The molecule has 2 aliphatic rings. The first-order chi connectivity index (χ1) is 28.2. The Kier molecular flexibility index (Phi) is 16.1. The normalized spacial score (nSPS) is 15.5. The summed E-state index contributed by atoms with van der Waals surface area (Å²) < 4.78 is 93.1. The van der Waals surface area contributed by atoms with Crippen LogP contribution in [0.4, 0.5) is 42.5 Å². The molecule has 0 unspecified atom stereocenters. The monoisotopic (exact) mass is 834 g/mol. The van der Waals surface area contributed by atoms with Crippen LogP contribution in [0.5, 0.6) is 5.75 Å². The molecule has 2 aliphatic heterocycles. The third-order valence-corrected chi connectivity index (χ3v) is 10.2. The van der Waals surface area contributed by atoms with Gasteiger partial charge < -0.3 is 29.7 Å². The van der Waals surface area contributed by atoms with Gasteiger partial charge in [0.1, 0.15) is 12.2 Å². The standard InChI is InChI=1S/C42H48F6N4O7/c43-41(44,45)38(54)58-34-19-17-31(32-18-20-36(53)51-37(32)34)35(59-39(55)42(46,47)48)27-49-23-11-4-2-1-3-5-12-24-52-25-21-29(22-26-52)57-40(56)50-33-16-10-9-15-30(33)28-13-7-6-8-14-28/h6-10,13-17,19,29,35,49H,1-5,11-12,18,20-27H2,(H,50,56)(H,51,53)/t35-/m0/s1. The quantitative estimate of drug-likeness (QED) is 0.0497. The second-order valence-electron chi connectivity index (χ2n) is 14.5. The Morgan fingerprint density at radius 2 is 1.42 bits per heavy atom. The van der Waals surface area contributed by atoms with Crippen LogP contribution in [-0.2, 0) is 30.3 Å². The lowest BCUT2D eigenvalue weighted by molar-refractivity contribution is -0.205. The SMILES string of the molecule is O=C1CCc2c([C@H](CNCCCCCCCCCN3CCC(OC(=O)Nc4ccccc4-c4ccccc4)CC3)OC(=O)C(F)(F)F)ccc(OC(=O)C(F)(F)F)c2N1. The smallest absolute Gasteiger partial charge is 0.449 e. The van der Waals surface area contributed by atoms with Crippen molar-refractivity contribution < 1.29 is 59.7 Å². The molecule has 2 heterocycles. The third-order valence-electron chi connectivity index (χ3n) is 10.2. The lowest BCUT2D eigenvalue weighted by atomic mass is 9.93. The number of nitrogens with one attached hydrogen (secondary N) is 3. The van der Waals surface area contributed by atoms with Crippen LogP contribution in [0, 0.1) is 0 Å². The van der Waals surface area contributed by atoms with Gasteiger partial charge in [-0.15, -0.1) is 0 Å². The molecule has 320 valence electrons. The van der Waals surface area contributed by atoms with Crippen LogP contribution >= 0.6 is 0 Å². The van der Waals surface area contributed by atoms with Crippen molar-refractivity contribution in [1.29, 1.82) is 0 Å². The second kappa shape index (κ2) is 21.2. The molecule has 0 aromatic heterocycles. The molecule has 17 heteroatoms. The molecule has 3 aromatic carbocycles. The molecule has 1 atom stereocenters. The fraction of sp³-hybridized carbons (Fsp3) is 0.476. The van der Waals surface area contributed by atoms with E-state index in [9.17, 15) is 45.5 Å². The zero-order valence-corrected chi connectivity index (χ0v) is 32.4. The highest BCUT2D eigenvalue weighted by Crippen LogP contribution is 2.40. The number of rotatable bonds is 18. The molecule has 59 heavy (non-hydrogen) atoms. The lowest BCUT2D eigenvalue weighted by Gasteiger charge is -2.31. The van der Waals surface area contributed by atoms with Gasteiger partial charge in [0.15, 0.2) is 5.75 Å². The van der Waals surface area contributed by atoms with Crippen LogP contribution in [0.3, 0.4) is 0 Å². The molecule has 3 N–H and O–H groups in total. The van der Waals surface area contributed by atoms with Crippen molar-refractivity contribution in [2.24, 2.45) is 0 Å². The van der Waals surface area contributed by atoms with Gasteiger partial charge >= 0.3 is 30.4 Å². The minimum absolute atomic E-state index is 0.0265. The summed E-state index contributed by atoms with van der Waals surface area (Å²) in [7, 11) is 0. The molecule has 2 amide bonds. The predicted octanol–water partition coefficient (Wildman–Crippen LogP) is 8.89. The van der Waals surface area contributed by atoms with Gasteiger partial charge in [-0.25, -0.2) is 14.4 Å². The fourth-order valence-corrected chi connectivity index (χ4v) is 7.15. The molecule has 0 spiro atoms. The van der Waals surface area contributed by atoms with Gasteiger partial charge in [-0.2, -0.15) is 26.3 Å². The fourth-order valence-electron chi connectivity index (χ4n) is 7.15. The van der Waals surface area contributed by atoms with Crippen LogP contribution < -0.4 is 20.7 Å². The van der Waals surface area contributed by atoms with E-state index in [1.807, 2.05) is 54.6 Å². The first-order valence-electron chi connectivity index (χ1n) is 19.8. The number of alkyl halides is 6. The highest BCUT2D eigenvalue weighted by Gasteiger charge is 2.44. The number of hydrogen-bond donors (Lipinski definition) is 3. The Hall–Kier alpha value is -5.16. The van der Waals surface area contributed by atoms with E-state index >= 15 is 0 Å². The van der Waals surface area contributed by atoms with Crippen molar-refractivity contribution in [1.82, 2.24) is 10.2 Å². The summed E-state index contributed by atoms with van der Waals surface area (Å²) in [4.78, 5) is 50.5. The van der Waals surface area contributed by atoms with Gasteiger partial charge in [0.05, 0.1) is 11.4 Å². The number of piperidine rings is 1. The molecule has 5 rings (SSSR count). The number of nitrogens with zero attached hydrogens (tertiary/aromatic N) is 1. The molecule has 0 saturated carbocycles. The summed E-state index contributed by atoms with van der Waals surface area (Å²) in [6.45, 7) is 2.81. The van der Waals surface area contributed by atoms with Crippen molar-refractivity contribution in [3.05, 3.63) is 77.9 Å². The minimum atomic E-state index is -5.34. The van der Waals surface area contributed by atoms with E-state index in [1.54, 1.807) is 0 Å². The second-order valence-corrected chi connectivity index (χ2v) is 14.5. The van der Waals surface area contributed by atoms with Gasteiger partial charge in [0.2, 0.25) is 5.91 Å². The number of halogens is 6. The van der Waals surface area contributed by atoms with Crippen molar-refractivity contribution in [3.8, 4) is 16.9 Å². The lowest BCUT2D eigenvalue weighted by Crippen LogP contribution is -2.38. The topological polar surface area (TPSA) is 135 Å². The van der Waals surface area contributed by atoms with Crippen molar-refractivity contribution in [2.45, 2.75) is 95.2 Å². The third kappa shape index (κ3) is 13.7. The van der Waals surface area contributed by atoms with Gasteiger partial charge in [0, 0.05) is 31.6 Å². The predicted molar refractivity (Wildman–Crippen MR) is 207 cm³/mol. The number of benzene rings is 3. The van der Waals surface area contributed by atoms with Gasteiger partial charge in [0.25, 0.3) is 0 Å². The van der Waals surface area contributed by atoms with Gasteiger partial charge in [-0.3, -0.25) is 10.1 Å². The largest absolute Gasteiger partial charge is 0.491 e. The summed E-state index contributed by atoms with van der Waals surface area (Å²) in [6.07, 6.45) is -4.84. The molecular weight excluding hydrogens is 786 g/mol. The average molecular weight is 835 g/mol. The number of carbonyl (C=O) groups excluding carboxylic acids is 4. The zero-order chi connectivity index (χ0) is 42.4. The van der Waals surface area contributed by atoms with E-state index in [0.717, 1.165) is 94.3 Å². The van der Waals surface area contributed by atoms with Gasteiger partial charge in [-0.1, -0.05) is 86.7 Å². The number of carbonyl (C=O) groups is 4.